The molecule has 1 aliphatic rings. The summed E-state index contributed by atoms with van der Waals surface area (Å²) in [6.45, 7) is 0. The second kappa shape index (κ2) is 3.44. The number of thioether (sulfide) groups is 1. The van der Waals surface area contributed by atoms with Crippen LogP contribution in [0.4, 0.5) is 0 Å². The summed E-state index contributed by atoms with van der Waals surface area (Å²) >= 11 is 1.73. The zero-order chi connectivity index (χ0) is 8.39. The lowest BCUT2D eigenvalue weighted by Crippen LogP contribution is -2.07. The summed E-state index contributed by atoms with van der Waals surface area (Å²) in [7, 11) is 0. The molecule has 0 aliphatic heterocycles. The van der Waals surface area contributed by atoms with E-state index in [1.54, 1.807) is 18.1 Å². The molecule has 1 heterocycles. The van der Waals surface area contributed by atoms with Crippen molar-refractivity contribution in [2.24, 2.45) is 0 Å². The third-order valence-electron chi connectivity index (χ3n) is 2.28. The van der Waals surface area contributed by atoms with Gasteiger partial charge in [-0.1, -0.05) is 0 Å². The summed E-state index contributed by atoms with van der Waals surface area (Å²) in [5.74, 6) is 0. The van der Waals surface area contributed by atoms with Crippen LogP contribution in [0.3, 0.4) is 0 Å². The first-order valence-electron chi connectivity index (χ1n) is 4.28. The predicted molar refractivity (Wildman–Crippen MR) is 50.5 cm³/mol. The monoisotopic (exact) mass is 180 g/mol. The fourth-order valence-corrected chi connectivity index (χ4v) is 2.29. The Hall–Kier alpha value is -0.570. The van der Waals surface area contributed by atoms with Crippen LogP contribution >= 0.6 is 11.8 Å². The van der Waals surface area contributed by atoms with Crippen molar-refractivity contribution in [1.82, 2.24) is 9.97 Å². The zero-order valence-electron chi connectivity index (χ0n) is 7.21. The van der Waals surface area contributed by atoms with Crippen molar-refractivity contribution in [3.05, 3.63) is 17.6 Å². The fraction of sp³-hybridized carbons (Fsp3) is 0.556. The van der Waals surface area contributed by atoms with E-state index in [-0.39, 0.29) is 0 Å². The molecular formula is C9H12N2S. The van der Waals surface area contributed by atoms with Gasteiger partial charge in [-0.2, -0.15) is 0 Å². The van der Waals surface area contributed by atoms with Crippen LogP contribution in [-0.4, -0.2) is 16.2 Å². The van der Waals surface area contributed by atoms with Crippen LogP contribution in [0.15, 0.2) is 11.4 Å². The molecule has 0 bridgehead atoms. The minimum Gasteiger partial charge on any atom is -0.241 e. The van der Waals surface area contributed by atoms with Gasteiger partial charge in [0.05, 0.1) is 0 Å². The fourth-order valence-electron chi connectivity index (χ4n) is 1.67. The van der Waals surface area contributed by atoms with E-state index in [9.17, 15) is 0 Å². The molecule has 0 amide bonds. The number of aromatic nitrogens is 2. The van der Waals surface area contributed by atoms with Crippen molar-refractivity contribution >= 4 is 11.8 Å². The van der Waals surface area contributed by atoms with Crippen molar-refractivity contribution in [2.75, 3.05) is 6.26 Å². The van der Waals surface area contributed by atoms with Crippen molar-refractivity contribution < 1.29 is 0 Å². The third kappa shape index (κ3) is 1.33. The molecule has 0 unspecified atom stereocenters. The number of rotatable bonds is 1. The predicted octanol–water partition coefficient (Wildman–Crippen LogP) is 2.08. The molecule has 0 fully saturated rings. The van der Waals surface area contributed by atoms with Gasteiger partial charge < -0.3 is 0 Å². The Labute approximate surface area is 76.8 Å². The summed E-state index contributed by atoms with van der Waals surface area (Å²) in [5.41, 5.74) is 2.68. The van der Waals surface area contributed by atoms with Crippen LogP contribution in [0.2, 0.25) is 0 Å². The van der Waals surface area contributed by atoms with Gasteiger partial charge in [0.1, 0.15) is 11.4 Å². The highest BCUT2D eigenvalue weighted by Gasteiger charge is 2.14. The maximum atomic E-state index is 4.30. The topological polar surface area (TPSA) is 25.8 Å². The smallest absolute Gasteiger partial charge is 0.116 e. The Bertz CT molecular complexity index is 272. The van der Waals surface area contributed by atoms with Crippen LogP contribution in [0.5, 0.6) is 0 Å². The minimum atomic E-state index is 1.14. The average molecular weight is 180 g/mol. The van der Waals surface area contributed by atoms with Gasteiger partial charge in [0.25, 0.3) is 0 Å². The highest BCUT2D eigenvalue weighted by molar-refractivity contribution is 7.98. The van der Waals surface area contributed by atoms with Gasteiger partial charge in [0, 0.05) is 11.3 Å². The second-order valence-corrected chi connectivity index (χ2v) is 3.81. The molecule has 1 aromatic heterocycles. The van der Waals surface area contributed by atoms with Gasteiger partial charge >= 0.3 is 0 Å². The Morgan fingerprint density at radius 1 is 1.25 bits per heavy atom. The minimum absolute atomic E-state index is 1.14. The van der Waals surface area contributed by atoms with E-state index in [0.29, 0.717) is 0 Å². The summed E-state index contributed by atoms with van der Waals surface area (Å²) < 4.78 is 0. The quantitative estimate of drug-likeness (QED) is 0.489. The Kier molecular flexibility index (Phi) is 2.30. The van der Waals surface area contributed by atoms with Gasteiger partial charge in [-0.3, -0.25) is 0 Å². The molecule has 0 aromatic carbocycles. The summed E-state index contributed by atoms with van der Waals surface area (Å²) in [6, 6.07) is 0. The lowest BCUT2D eigenvalue weighted by Gasteiger charge is -2.15. The molecule has 0 spiro atoms. The third-order valence-corrected chi connectivity index (χ3v) is 3.02. The van der Waals surface area contributed by atoms with Crippen molar-refractivity contribution in [3.8, 4) is 0 Å². The normalized spacial score (nSPS) is 15.8. The molecule has 0 saturated carbocycles. The van der Waals surface area contributed by atoms with Crippen molar-refractivity contribution in [3.63, 3.8) is 0 Å². The molecule has 0 atom stereocenters. The van der Waals surface area contributed by atoms with Crippen molar-refractivity contribution in [1.29, 1.82) is 0 Å². The van der Waals surface area contributed by atoms with E-state index in [4.69, 9.17) is 0 Å². The summed E-state index contributed by atoms with van der Waals surface area (Å²) in [6.07, 6.45) is 8.68. The molecule has 0 N–H and O–H groups in total. The molecule has 0 saturated heterocycles. The number of hydrogen-bond donors (Lipinski definition) is 0. The molecule has 3 heteroatoms. The van der Waals surface area contributed by atoms with E-state index in [2.05, 4.69) is 16.2 Å². The first-order valence-corrected chi connectivity index (χ1v) is 5.51. The van der Waals surface area contributed by atoms with Crippen LogP contribution in [0.25, 0.3) is 0 Å². The van der Waals surface area contributed by atoms with Gasteiger partial charge in [-0.15, -0.1) is 11.8 Å². The SMILES string of the molecule is CSc1ncnc2c1CCCC2. The maximum absolute atomic E-state index is 4.30. The van der Waals surface area contributed by atoms with Crippen LogP contribution in [0, 0.1) is 0 Å². The molecule has 12 heavy (non-hydrogen) atoms. The zero-order valence-corrected chi connectivity index (χ0v) is 8.02. The molecule has 2 nitrogen and oxygen atoms in total. The number of nitrogens with zero attached hydrogens (tertiary/aromatic N) is 2. The van der Waals surface area contributed by atoms with Gasteiger partial charge in [0.15, 0.2) is 0 Å². The van der Waals surface area contributed by atoms with Gasteiger partial charge in [0.2, 0.25) is 0 Å². The Morgan fingerprint density at radius 3 is 2.92 bits per heavy atom. The maximum Gasteiger partial charge on any atom is 0.116 e. The molecule has 2 rings (SSSR count). The number of hydrogen-bond acceptors (Lipinski definition) is 3. The highest BCUT2D eigenvalue weighted by Crippen LogP contribution is 2.25. The average Bonchev–Trinajstić information content (AvgIpc) is 2.17. The van der Waals surface area contributed by atoms with Crippen LogP contribution in [-0.2, 0) is 12.8 Å². The highest BCUT2D eigenvalue weighted by atomic mass is 32.2. The van der Waals surface area contributed by atoms with E-state index in [1.807, 2.05) is 0 Å². The molecule has 1 aliphatic carbocycles. The van der Waals surface area contributed by atoms with Gasteiger partial charge in [-0.25, -0.2) is 9.97 Å². The second-order valence-electron chi connectivity index (χ2n) is 3.02. The first kappa shape index (κ1) is 8.05. The van der Waals surface area contributed by atoms with E-state index >= 15 is 0 Å². The van der Waals surface area contributed by atoms with Gasteiger partial charge in [-0.05, 0) is 31.9 Å². The lowest BCUT2D eigenvalue weighted by atomic mass is 9.98. The molecular weight excluding hydrogens is 168 g/mol. The van der Waals surface area contributed by atoms with E-state index in [1.165, 1.54) is 35.5 Å². The number of aryl methyl sites for hydroxylation is 1. The van der Waals surface area contributed by atoms with E-state index in [0.717, 1.165) is 6.42 Å². The first-order chi connectivity index (χ1) is 5.92. The van der Waals surface area contributed by atoms with Crippen LogP contribution in [0.1, 0.15) is 24.1 Å². The Balaban J connectivity index is 2.44. The van der Waals surface area contributed by atoms with Crippen molar-refractivity contribution in [2.45, 2.75) is 30.7 Å². The number of fused-ring (bicyclic) bond motifs is 1. The van der Waals surface area contributed by atoms with E-state index < -0.39 is 0 Å². The largest absolute Gasteiger partial charge is 0.241 e. The standard InChI is InChI=1S/C9H12N2S/c1-12-9-7-4-2-3-5-8(7)10-6-11-9/h6H,2-5H2,1H3. The molecule has 0 radical (unpaired) electrons. The molecule has 64 valence electrons. The summed E-state index contributed by atoms with van der Waals surface area (Å²) in [5, 5.41) is 1.18. The lowest BCUT2D eigenvalue weighted by molar-refractivity contribution is 0.646. The van der Waals surface area contributed by atoms with Crippen LogP contribution < -0.4 is 0 Å². The Morgan fingerprint density at radius 2 is 2.08 bits per heavy atom. The summed E-state index contributed by atoms with van der Waals surface area (Å²) in [4.78, 5) is 8.57. The molecule has 1 aromatic rings.